The summed E-state index contributed by atoms with van der Waals surface area (Å²) in [5.74, 6) is 0.789. The molecule has 112 valence electrons. The minimum atomic E-state index is -0.567. The highest BCUT2D eigenvalue weighted by Gasteiger charge is 2.12. The van der Waals surface area contributed by atoms with Gasteiger partial charge in [0.25, 0.3) is 0 Å². The zero-order valence-electron chi connectivity index (χ0n) is 12.1. The molecule has 0 radical (unpaired) electrons. The Morgan fingerprint density at radius 1 is 1.19 bits per heavy atom. The highest BCUT2D eigenvalue weighted by atomic mass is 16.5. The Labute approximate surface area is 124 Å². The Morgan fingerprint density at radius 3 is 2.62 bits per heavy atom. The van der Waals surface area contributed by atoms with Crippen LogP contribution < -0.4 is 9.64 Å². The molecular weight excluding hydrogens is 266 g/mol. The van der Waals surface area contributed by atoms with Gasteiger partial charge in [-0.05, 0) is 43.2 Å². The molecule has 1 unspecified atom stereocenters. The molecule has 2 aromatic rings. The molecule has 0 bridgehead atoms. The van der Waals surface area contributed by atoms with Crippen molar-refractivity contribution >= 4 is 5.69 Å². The number of aromatic nitrogens is 2. The second-order valence-corrected chi connectivity index (χ2v) is 5.38. The Hall–Kier alpha value is -2.01. The lowest BCUT2D eigenvalue weighted by molar-refractivity contribution is 0.0893. The molecule has 1 aliphatic heterocycles. The highest BCUT2D eigenvalue weighted by Crippen LogP contribution is 2.23. The first-order valence-corrected chi connectivity index (χ1v) is 7.44. The van der Waals surface area contributed by atoms with E-state index in [2.05, 4.69) is 22.1 Å². The number of rotatable bonds is 6. The van der Waals surface area contributed by atoms with Crippen LogP contribution in [0.15, 0.2) is 42.7 Å². The Bertz CT molecular complexity index is 533. The summed E-state index contributed by atoms with van der Waals surface area (Å²) in [6.45, 7) is 2.99. The van der Waals surface area contributed by atoms with Gasteiger partial charge < -0.3 is 14.7 Å². The zero-order valence-corrected chi connectivity index (χ0v) is 12.1. The van der Waals surface area contributed by atoms with Crippen molar-refractivity contribution in [3.8, 4) is 5.75 Å². The summed E-state index contributed by atoms with van der Waals surface area (Å²) in [6, 6.07) is 9.94. The lowest BCUT2D eigenvalue weighted by Gasteiger charge is -2.18. The maximum atomic E-state index is 9.92. The van der Waals surface area contributed by atoms with Gasteiger partial charge in [-0.15, -0.1) is 0 Å². The maximum absolute atomic E-state index is 9.92. The summed E-state index contributed by atoms with van der Waals surface area (Å²) in [4.78, 5) is 2.39. The number of aliphatic hydroxyl groups excluding tert-OH is 1. The molecule has 2 heterocycles. The Morgan fingerprint density at radius 2 is 1.95 bits per heavy atom. The molecule has 0 amide bonds. The zero-order chi connectivity index (χ0) is 14.5. The van der Waals surface area contributed by atoms with Crippen LogP contribution in [0.25, 0.3) is 0 Å². The molecule has 1 fully saturated rings. The van der Waals surface area contributed by atoms with Gasteiger partial charge in [0.1, 0.15) is 18.5 Å². The fourth-order valence-corrected chi connectivity index (χ4v) is 2.60. The van der Waals surface area contributed by atoms with E-state index in [4.69, 9.17) is 4.74 Å². The summed E-state index contributed by atoms with van der Waals surface area (Å²) in [5.41, 5.74) is 1.25. The summed E-state index contributed by atoms with van der Waals surface area (Å²) in [5, 5.41) is 14.0. The first-order chi connectivity index (χ1) is 10.3. The molecule has 3 rings (SSSR count). The molecule has 21 heavy (non-hydrogen) atoms. The molecule has 5 nitrogen and oxygen atoms in total. The van der Waals surface area contributed by atoms with E-state index >= 15 is 0 Å². The topological polar surface area (TPSA) is 50.5 Å². The average Bonchev–Trinajstić information content (AvgIpc) is 3.19. The van der Waals surface area contributed by atoms with Crippen LogP contribution in [-0.2, 0) is 6.54 Å². The molecule has 1 aromatic carbocycles. The van der Waals surface area contributed by atoms with Crippen molar-refractivity contribution in [3.63, 3.8) is 0 Å². The monoisotopic (exact) mass is 287 g/mol. The quantitative estimate of drug-likeness (QED) is 0.882. The first-order valence-electron chi connectivity index (χ1n) is 7.44. The molecule has 1 aromatic heterocycles. The summed E-state index contributed by atoms with van der Waals surface area (Å²) in [6.07, 6.45) is 5.51. The van der Waals surface area contributed by atoms with Crippen molar-refractivity contribution < 1.29 is 9.84 Å². The van der Waals surface area contributed by atoms with Crippen molar-refractivity contribution in [2.45, 2.75) is 25.5 Å². The van der Waals surface area contributed by atoms with Crippen molar-refractivity contribution in [1.82, 2.24) is 9.78 Å². The molecule has 0 aliphatic carbocycles. The number of ether oxygens (including phenoxy) is 1. The largest absolute Gasteiger partial charge is 0.491 e. The van der Waals surface area contributed by atoms with Crippen molar-refractivity contribution in [1.29, 1.82) is 0 Å². The van der Waals surface area contributed by atoms with E-state index in [1.165, 1.54) is 18.5 Å². The Balaban J connectivity index is 1.48. The third-order valence-corrected chi connectivity index (χ3v) is 3.71. The molecule has 0 spiro atoms. The van der Waals surface area contributed by atoms with E-state index in [1.807, 2.05) is 24.4 Å². The van der Waals surface area contributed by atoms with Gasteiger partial charge in [0.2, 0.25) is 0 Å². The highest BCUT2D eigenvalue weighted by molar-refractivity contribution is 5.49. The SMILES string of the molecule is OC(COc1ccc(N2CCCC2)cc1)Cn1cccn1. The standard InChI is InChI=1S/C16H21N3O2/c20-15(12-19-11-3-8-17-19)13-21-16-6-4-14(5-7-16)18-9-1-2-10-18/h3-8,11,15,20H,1-2,9-10,12-13H2. The fraction of sp³-hybridized carbons (Fsp3) is 0.438. The molecule has 1 N–H and O–H groups in total. The van der Waals surface area contributed by atoms with Gasteiger partial charge in [-0.3, -0.25) is 4.68 Å². The molecule has 0 saturated carbocycles. The first kappa shape index (κ1) is 13.9. The molecular formula is C16H21N3O2. The van der Waals surface area contributed by atoms with E-state index in [1.54, 1.807) is 10.9 Å². The van der Waals surface area contributed by atoms with Crippen LogP contribution in [0.3, 0.4) is 0 Å². The van der Waals surface area contributed by atoms with Crippen LogP contribution in [0.2, 0.25) is 0 Å². The number of aliphatic hydroxyl groups is 1. The van der Waals surface area contributed by atoms with Gasteiger partial charge in [-0.1, -0.05) is 0 Å². The van der Waals surface area contributed by atoms with Gasteiger partial charge in [0.15, 0.2) is 0 Å². The van der Waals surface area contributed by atoms with Crippen LogP contribution in [0.4, 0.5) is 5.69 Å². The predicted molar refractivity (Wildman–Crippen MR) is 81.6 cm³/mol. The summed E-state index contributed by atoms with van der Waals surface area (Å²) in [7, 11) is 0. The van der Waals surface area contributed by atoms with Gasteiger partial charge in [-0.25, -0.2) is 0 Å². The molecule has 5 heteroatoms. The number of hydrogen-bond donors (Lipinski definition) is 1. The minimum absolute atomic E-state index is 0.267. The normalized spacial score (nSPS) is 16.1. The molecule has 1 atom stereocenters. The molecule has 1 aliphatic rings. The lowest BCUT2D eigenvalue weighted by Crippen LogP contribution is -2.23. The smallest absolute Gasteiger partial charge is 0.119 e. The van der Waals surface area contributed by atoms with Gasteiger partial charge in [0.05, 0.1) is 6.54 Å². The average molecular weight is 287 g/mol. The van der Waals surface area contributed by atoms with Crippen LogP contribution >= 0.6 is 0 Å². The number of anilines is 1. The minimum Gasteiger partial charge on any atom is -0.491 e. The second-order valence-electron chi connectivity index (χ2n) is 5.38. The number of hydrogen-bond acceptors (Lipinski definition) is 4. The van der Waals surface area contributed by atoms with Crippen LogP contribution in [-0.4, -0.2) is 40.7 Å². The lowest BCUT2D eigenvalue weighted by atomic mass is 10.3. The maximum Gasteiger partial charge on any atom is 0.119 e. The fourth-order valence-electron chi connectivity index (χ4n) is 2.60. The van der Waals surface area contributed by atoms with Crippen LogP contribution in [0.1, 0.15) is 12.8 Å². The van der Waals surface area contributed by atoms with Gasteiger partial charge in [0, 0.05) is 31.2 Å². The van der Waals surface area contributed by atoms with E-state index < -0.39 is 6.10 Å². The summed E-state index contributed by atoms with van der Waals surface area (Å²) >= 11 is 0. The van der Waals surface area contributed by atoms with Gasteiger partial charge in [-0.2, -0.15) is 5.10 Å². The van der Waals surface area contributed by atoms with E-state index in [0.717, 1.165) is 18.8 Å². The van der Waals surface area contributed by atoms with Crippen molar-refractivity contribution in [2.75, 3.05) is 24.6 Å². The number of nitrogens with zero attached hydrogens (tertiary/aromatic N) is 3. The van der Waals surface area contributed by atoms with E-state index in [9.17, 15) is 5.11 Å². The van der Waals surface area contributed by atoms with Crippen molar-refractivity contribution in [2.24, 2.45) is 0 Å². The van der Waals surface area contributed by atoms with Crippen molar-refractivity contribution in [3.05, 3.63) is 42.7 Å². The Kier molecular flexibility index (Phi) is 4.40. The predicted octanol–water partition coefficient (Wildman–Crippen LogP) is 1.92. The third kappa shape index (κ3) is 3.76. The second kappa shape index (κ2) is 6.63. The molecule has 1 saturated heterocycles. The van der Waals surface area contributed by atoms with Crippen LogP contribution in [0, 0.1) is 0 Å². The van der Waals surface area contributed by atoms with E-state index in [0.29, 0.717) is 6.54 Å². The third-order valence-electron chi connectivity index (χ3n) is 3.71. The van der Waals surface area contributed by atoms with E-state index in [-0.39, 0.29) is 6.61 Å². The van der Waals surface area contributed by atoms with Gasteiger partial charge >= 0.3 is 0 Å². The summed E-state index contributed by atoms with van der Waals surface area (Å²) < 4.78 is 7.32. The van der Waals surface area contributed by atoms with Crippen LogP contribution in [0.5, 0.6) is 5.75 Å². The number of benzene rings is 1.